The van der Waals surface area contributed by atoms with Crippen LogP contribution in [0.4, 0.5) is 0 Å². The molecule has 1 atom stereocenters. The van der Waals surface area contributed by atoms with Gasteiger partial charge in [0.2, 0.25) is 0 Å². The maximum Gasteiger partial charge on any atom is 0.0367 e. The molecule has 0 aromatic carbocycles. The zero-order valence-corrected chi connectivity index (χ0v) is 12.4. The molecule has 0 bridgehead atoms. The maximum absolute atomic E-state index is 11.7. The molecule has 0 aliphatic rings. The molecule has 1 unspecified atom stereocenters. The molecule has 0 saturated carbocycles. The fourth-order valence-electron chi connectivity index (χ4n) is 1.85. The van der Waals surface area contributed by atoms with Gasteiger partial charge in [0.05, 0.1) is 0 Å². The Morgan fingerprint density at radius 1 is 1.53 bits per heavy atom. The molecule has 0 amide bonds. The van der Waals surface area contributed by atoms with Gasteiger partial charge in [-0.2, -0.15) is 0 Å². The third-order valence-corrected chi connectivity index (χ3v) is 3.27. The molecular formula is C14H24NOS-. The molecule has 0 spiro atoms. The highest BCUT2D eigenvalue weighted by atomic mass is 32.2. The van der Waals surface area contributed by atoms with Crippen molar-refractivity contribution in [2.75, 3.05) is 6.26 Å². The molecule has 1 N–H and O–H groups in total. The number of hydrogen-bond acceptors (Lipinski definition) is 3. The van der Waals surface area contributed by atoms with Gasteiger partial charge in [0.1, 0.15) is 0 Å². The van der Waals surface area contributed by atoms with Gasteiger partial charge in [0.15, 0.2) is 0 Å². The van der Waals surface area contributed by atoms with Crippen LogP contribution in [0.15, 0.2) is 36.1 Å². The van der Waals surface area contributed by atoms with Crippen molar-refractivity contribution in [3.8, 4) is 0 Å². The van der Waals surface area contributed by atoms with E-state index in [-0.39, 0.29) is 17.2 Å². The van der Waals surface area contributed by atoms with E-state index in [1.807, 2.05) is 19.3 Å². The second-order valence-corrected chi connectivity index (χ2v) is 5.15. The molecule has 2 nitrogen and oxygen atoms in total. The predicted molar refractivity (Wildman–Crippen MR) is 76.5 cm³/mol. The Morgan fingerprint density at radius 2 is 2.12 bits per heavy atom. The fraction of sp³-hybridized carbons (Fsp3) is 0.571. The lowest BCUT2D eigenvalue weighted by molar-refractivity contribution is -0.312. The van der Waals surface area contributed by atoms with Gasteiger partial charge in [-0.3, -0.25) is 4.72 Å². The van der Waals surface area contributed by atoms with Crippen molar-refractivity contribution in [2.24, 2.45) is 5.41 Å². The van der Waals surface area contributed by atoms with Crippen LogP contribution in [0.25, 0.3) is 0 Å². The molecular weight excluding hydrogens is 230 g/mol. The first-order valence-corrected chi connectivity index (χ1v) is 7.11. The van der Waals surface area contributed by atoms with Crippen LogP contribution >= 0.6 is 11.9 Å². The Labute approximate surface area is 110 Å². The second-order valence-electron chi connectivity index (χ2n) is 4.51. The van der Waals surface area contributed by atoms with Crippen LogP contribution in [0.3, 0.4) is 0 Å². The summed E-state index contributed by atoms with van der Waals surface area (Å²) in [6.45, 7) is 11.8. The Kier molecular flexibility index (Phi) is 7.32. The predicted octanol–water partition coefficient (Wildman–Crippen LogP) is 3.04. The van der Waals surface area contributed by atoms with Crippen molar-refractivity contribution in [1.29, 1.82) is 0 Å². The summed E-state index contributed by atoms with van der Waals surface area (Å²) in [5.74, 6) is -0.0733. The van der Waals surface area contributed by atoms with Crippen LogP contribution in [0.5, 0.6) is 0 Å². The summed E-state index contributed by atoms with van der Waals surface area (Å²) in [6.07, 6.45) is 9.12. The molecule has 0 aromatic rings. The van der Waals surface area contributed by atoms with E-state index < -0.39 is 0 Å². The summed E-state index contributed by atoms with van der Waals surface area (Å²) in [5.41, 5.74) is 0.913. The van der Waals surface area contributed by atoms with Crippen molar-refractivity contribution in [2.45, 2.75) is 40.2 Å². The Hall–Kier alpha value is -0.670. The van der Waals surface area contributed by atoms with Gasteiger partial charge < -0.3 is 5.11 Å². The summed E-state index contributed by atoms with van der Waals surface area (Å²) in [6, 6.07) is -0.272. The summed E-state index contributed by atoms with van der Waals surface area (Å²) in [7, 11) is 0. The number of nitrogens with one attached hydrogen (secondary N) is 1. The highest BCUT2D eigenvalue weighted by Crippen LogP contribution is 2.34. The molecule has 0 radical (unpaired) electrons. The first-order valence-electron chi connectivity index (χ1n) is 5.89. The van der Waals surface area contributed by atoms with Gasteiger partial charge in [-0.05, 0) is 25.2 Å². The Balaban J connectivity index is 5.28. The van der Waals surface area contributed by atoms with Crippen molar-refractivity contribution in [3.05, 3.63) is 36.1 Å². The van der Waals surface area contributed by atoms with Gasteiger partial charge in [0.25, 0.3) is 0 Å². The molecule has 0 fully saturated rings. The average Bonchev–Trinajstić information content (AvgIpc) is 2.24. The van der Waals surface area contributed by atoms with E-state index in [0.29, 0.717) is 0 Å². The lowest BCUT2D eigenvalue weighted by Crippen LogP contribution is -2.44. The normalized spacial score (nSPS) is 15.2. The van der Waals surface area contributed by atoms with E-state index in [0.717, 1.165) is 6.42 Å². The number of allylic oxidation sites excluding steroid dienone is 3. The zero-order chi connectivity index (χ0) is 13.5. The van der Waals surface area contributed by atoms with Crippen LogP contribution < -0.4 is 9.83 Å². The SMILES string of the molecule is C=C([O-])C(NSC)C(C)(C)C(/C=C\C)=C/CC. The first-order chi connectivity index (χ1) is 7.91. The minimum atomic E-state index is -0.272. The van der Waals surface area contributed by atoms with Gasteiger partial charge in [-0.1, -0.05) is 50.9 Å². The van der Waals surface area contributed by atoms with Crippen LogP contribution in [-0.2, 0) is 0 Å². The van der Waals surface area contributed by atoms with Crippen molar-refractivity contribution >= 4 is 11.9 Å². The van der Waals surface area contributed by atoms with E-state index in [9.17, 15) is 5.11 Å². The molecule has 0 rings (SSSR count). The lowest BCUT2D eigenvalue weighted by atomic mass is 9.76. The third kappa shape index (κ3) is 4.60. The molecule has 0 aliphatic heterocycles. The molecule has 0 aromatic heterocycles. The fourth-order valence-corrected chi connectivity index (χ4v) is 2.51. The van der Waals surface area contributed by atoms with Crippen LogP contribution in [0.1, 0.15) is 34.1 Å². The van der Waals surface area contributed by atoms with Crippen molar-refractivity contribution in [1.82, 2.24) is 4.72 Å². The average molecular weight is 254 g/mol. The molecule has 0 heterocycles. The van der Waals surface area contributed by atoms with E-state index >= 15 is 0 Å². The molecule has 0 aliphatic carbocycles. The summed E-state index contributed by atoms with van der Waals surface area (Å²) >= 11 is 1.46. The quantitative estimate of drug-likeness (QED) is 0.431. The number of rotatable bonds is 7. The third-order valence-electron chi connectivity index (χ3n) is 2.79. The Bertz CT molecular complexity index is 305. The largest absolute Gasteiger partial charge is 0.875 e. The van der Waals surface area contributed by atoms with E-state index in [4.69, 9.17) is 0 Å². The molecule has 0 saturated heterocycles. The minimum Gasteiger partial charge on any atom is -0.875 e. The van der Waals surface area contributed by atoms with Gasteiger partial charge >= 0.3 is 0 Å². The minimum absolute atomic E-state index is 0.0733. The van der Waals surface area contributed by atoms with Crippen LogP contribution in [0.2, 0.25) is 0 Å². The highest BCUT2D eigenvalue weighted by molar-refractivity contribution is 7.96. The summed E-state index contributed by atoms with van der Waals surface area (Å²) in [5, 5.41) is 11.7. The number of hydrogen-bond donors (Lipinski definition) is 1. The first kappa shape index (κ1) is 16.3. The zero-order valence-electron chi connectivity index (χ0n) is 11.5. The van der Waals surface area contributed by atoms with Crippen molar-refractivity contribution in [3.63, 3.8) is 0 Å². The monoisotopic (exact) mass is 254 g/mol. The van der Waals surface area contributed by atoms with Gasteiger partial charge in [0, 0.05) is 11.5 Å². The van der Waals surface area contributed by atoms with E-state index in [2.05, 4.69) is 44.2 Å². The maximum atomic E-state index is 11.7. The summed E-state index contributed by atoms with van der Waals surface area (Å²) < 4.78 is 3.15. The topological polar surface area (TPSA) is 35.1 Å². The van der Waals surface area contributed by atoms with E-state index in [1.165, 1.54) is 17.5 Å². The van der Waals surface area contributed by atoms with E-state index in [1.54, 1.807) is 0 Å². The molecule has 98 valence electrons. The summed E-state index contributed by atoms with van der Waals surface area (Å²) in [4.78, 5) is 0. The van der Waals surface area contributed by atoms with Crippen LogP contribution in [0, 0.1) is 5.41 Å². The highest BCUT2D eigenvalue weighted by Gasteiger charge is 2.30. The lowest BCUT2D eigenvalue weighted by Gasteiger charge is -2.39. The smallest absolute Gasteiger partial charge is 0.0367 e. The van der Waals surface area contributed by atoms with Gasteiger partial charge in [-0.25, -0.2) is 0 Å². The van der Waals surface area contributed by atoms with Crippen molar-refractivity contribution < 1.29 is 5.11 Å². The van der Waals surface area contributed by atoms with Crippen LogP contribution in [-0.4, -0.2) is 12.3 Å². The standard InChI is InChI=1S/C14H25NOS/c1-7-9-12(10-8-2)14(4,5)13(11(3)16)15-17-6/h7,9-10,13,15-16H,3,8H2,1-2,4-6H3/p-1/b9-7-,12-10+. The Morgan fingerprint density at radius 3 is 2.47 bits per heavy atom. The second kappa shape index (κ2) is 7.62. The molecule has 17 heavy (non-hydrogen) atoms. The molecule has 3 heteroatoms. The van der Waals surface area contributed by atoms with Gasteiger partial charge in [-0.15, -0.1) is 12.3 Å².